The van der Waals surface area contributed by atoms with Gasteiger partial charge in [0.1, 0.15) is 0 Å². The van der Waals surface area contributed by atoms with Crippen LogP contribution in [-0.4, -0.2) is 28.3 Å². The lowest BCUT2D eigenvalue weighted by Crippen LogP contribution is -2.21. The first-order valence-corrected chi connectivity index (χ1v) is 8.73. The Bertz CT molecular complexity index is 984. The SMILES string of the molecule is Cc1ccnn1-c1ccc(C(=O)OCC(=O)Nc2cccc(Cl)c2Cl)cc1. The van der Waals surface area contributed by atoms with Gasteiger partial charge < -0.3 is 10.1 Å². The van der Waals surface area contributed by atoms with Gasteiger partial charge in [0.25, 0.3) is 5.91 Å². The van der Waals surface area contributed by atoms with E-state index >= 15 is 0 Å². The number of aromatic nitrogens is 2. The van der Waals surface area contributed by atoms with E-state index in [0.717, 1.165) is 11.4 Å². The van der Waals surface area contributed by atoms with Crippen LogP contribution in [0.2, 0.25) is 10.0 Å². The van der Waals surface area contributed by atoms with Crippen LogP contribution in [0, 0.1) is 6.92 Å². The highest BCUT2D eigenvalue weighted by Crippen LogP contribution is 2.29. The van der Waals surface area contributed by atoms with E-state index in [0.29, 0.717) is 16.3 Å². The van der Waals surface area contributed by atoms with E-state index in [-0.39, 0.29) is 5.02 Å². The topological polar surface area (TPSA) is 73.2 Å². The summed E-state index contributed by atoms with van der Waals surface area (Å²) in [5.41, 5.74) is 2.48. The summed E-state index contributed by atoms with van der Waals surface area (Å²) >= 11 is 11.9. The Morgan fingerprint density at radius 1 is 1.11 bits per heavy atom. The molecule has 2 aromatic carbocycles. The third-order valence-electron chi connectivity index (χ3n) is 3.74. The van der Waals surface area contributed by atoms with Crippen molar-refractivity contribution in [1.82, 2.24) is 9.78 Å². The first-order chi connectivity index (χ1) is 13.0. The van der Waals surface area contributed by atoms with Gasteiger partial charge in [0.2, 0.25) is 0 Å². The Morgan fingerprint density at radius 3 is 2.52 bits per heavy atom. The molecule has 0 aliphatic rings. The number of hydrogen-bond donors (Lipinski definition) is 1. The average Bonchev–Trinajstić information content (AvgIpc) is 3.09. The molecule has 0 fully saturated rings. The van der Waals surface area contributed by atoms with E-state index in [9.17, 15) is 9.59 Å². The third-order valence-corrected chi connectivity index (χ3v) is 4.56. The molecule has 0 atom stereocenters. The van der Waals surface area contributed by atoms with Crippen LogP contribution in [-0.2, 0) is 9.53 Å². The molecule has 6 nitrogen and oxygen atoms in total. The third kappa shape index (κ3) is 4.48. The molecule has 0 aliphatic carbocycles. The van der Waals surface area contributed by atoms with Crippen LogP contribution in [0.3, 0.4) is 0 Å². The molecule has 1 aromatic heterocycles. The Balaban J connectivity index is 1.58. The Morgan fingerprint density at radius 2 is 1.85 bits per heavy atom. The minimum absolute atomic E-state index is 0.225. The number of ether oxygens (including phenoxy) is 1. The zero-order valence-electron chi connectivity index (χ0n) is 14.3. The molecule has 138 valence electrons. The van der Waals surface area contributed by atoms with Gasteiger partial charge in [-0.15, -0.1) is 0 Å². The number of rotatable bonds is 5. The van der Waals surface area contributed by atoms with Crippen LogP contribution < -0.4 is 5.32 Å². The number of esters is 1. The standard InChI is InChI=1S/C19H15Cl2N3O3/c1-12-9-10-22-24(12)14-7-5-13(6-8-14)19(26)27-11-17(25)23-16-4-2-3-15(20)18(16)21/h2-10H,11H2,1H3,(H,23,25). The van der Waals surface area contributed by atoms with Crippen molar-refractivity contribution >= 4 is 40.8 Å². The van der Waals surface area contributed by atoms with Crippen LogP contribution >= 0.6 is 23.2 Å². The highest BCUT2D eigenvalue weighted by molar-refractivity contribution is 6.44. The van der Waals surface area contributed by atoms with Gasteiger partial charge in [-0.3, -0.25) is 4.79 Å². The summed E-state index contributed by atoms with van der Waals surface area (Å²) in [7, 11) is 0. The summed E-state index contributed by atoms with van der Waals surface area (Å²) < 4.78 is 6.78. The summed E-state index contributed by atoms with van der Waals surface area (Å²) in [6.45, 7) is 1.49. The maximum absolute atomic E-state index is 12.1. The van der Waals surface area contributed by atoms with Crippen molar-refractivity contribution in [3.05, 3.63) is 76.0 Å². The molecule has 1 heterocycles. The summed E-state index contributed by atoms with van der Waals surface area (Å²) in [6.07, 6.45) is 1.70. The van der Waals surface area contributed by atoms with Crippen molar-refractivity contribution in [2.45, 2.75) is 6.92 Å². The Kier molecular flexibility index (Phi) is 5.78. The van der Waals surface area contributed by atoms with E-state index in [4.69, 9.17) is 27.9 Å². The van der Waals surface area contributed by atoms with Gasteiger partial charge in [0.15, 0.2) is 6.61 Å². The molecular weight excluding hydrogens is 389 g/mol. The van der Waals surface area contributed by atoms with Crippen molar-refractivity contribution in [3.8, 4) is 5.69 Å². The quantitative estimate of drug-likeness (QED) is 0.645. The van der Waals surface area contributed by atoms with Gasteiger partial charge in [0.05, 0.1) is 27.0 Å². The van der Waals surface area contributed by atoms with Gasteiger partial charge in [-0.25, -0.2) is 9.48 Å². The fourth-order valence-corrected chi connectivity index (χ4v) is 2.73. The molecule has 0 bridgehead atoms. The molecule has 1 amide bonds. The van der Waals surface area contributed by atoms with Crippen LogP contribution in [0.25, 0.3) is 5.69 Å². The van der Waals surface area contributed by atoms with Gasteiger partial charge in [0, 0.05) is 11.9 Å². The number of halogens is 2. The molecule has 27 heavy (non-hydrogen) atoms. The summed E-state index contributed by atoms with van der Waals surface area (Å²) in [5, 5.41) is 7.29. The monoisotopic (exact) mass is 403 g/mol. The summed E-state index contributed by atoms with van der Waals surface area (Å²) in [5.74, 6) is -1.12. The van der Waals surface area contributed by atoms with E-state index in [1.165, 1.54) is 0 Å². The van der Waals surface area contributed by atoms with Crippen LogP contribution in [0.15, 0.2) is 54.7 Å². The number of aryl methyl sites for hydroxylation is 1. The maximum atomic E-state index is 12.1. The number of nitrogens with one attached hydrogen (secondary N) is 1. The summed E-state index contributed by atoms with van der Waals surface area (Å²) in [4.78, 5) is 24.1. The van der Waals surface area contributed by atoms with Crippen LogP contribution in [0.5, 0.6) is 0 Å². The molecule has 0 radical (unpaired) electrons. The molecule has 8 heteroatoms. The predicted octanol–water partition coefficient (Wildman–Crippen LogP) is 4.28. The van der Waals surface area contributed by atoms with E-state index in [2.05, 4.69) is 10.4 Å². The highest BCUT2D eigenvalue weighted by Gasteiger charge is 2.13. The van der Waals surface area contributed by atoms with Gasteiger partial charge in [-0.1, -0.05) is 29.3 Å². The minimum Gasteiger partial charge on any atom is -0.452 e. The second kappa shape index (κ2) is 8.24. The van der Waals surface area contributed by atoms with Gasteiger partial charge >= 0.3 is 5.97 Å². The van der Waals surface area contributed by atoms with Gasteiger partial charge in [-0.2, -0.15) is 5.10 Å². The number of carbonyl (C=O) groups excluding carboxylic acids is 2. The molecule has 0 spiro atoms. The molecule has 0 saturated heterocycles. The zero-order valence-corrected chi connectivity index (χ0v) is 15.8. The van der Waals surface area contributed by atoms with Crippen molar-refractivity contribution in [1.29, 1.82) is 0 Å². The largest absolute Gasteiger partial charge is 0.452 e. The number of carbonyl (C=O) groups is 2. The Labute approximate surface area is 165 Å². The van der Waals surface area contributed by atoms with Crippen molar-refractivity contribution < 1.29 is 14.3 Å². The molecule has 1 N–H and O–H groups in total. The normalized spacial score (nSPS) is 10.5. The lowest BCUT2D eigenvalue weighted by atomic mass is 10.2. The summed E-state index contributed by atoms with van der Waals surface area (Å²) in [6, 6.07) is 13.5. The molecule has 0 saturated carbocycles. The molecular formula is C19H15Cl2N3O3. The van der Waals surface area contributed by atoms with Crippen LogP contribution in [0.4, 0.5) is 5.69 Å². The Hall–Kier alpha value is -2.83. The van der Waals surface area contributed by atoms with Crippen molar-refractivity contribution in [2.24, 2.45) is 0 Å². The molecule has 3 aromatic rings. The number of benzene rings is 2. The van der Waals surface area contributed by atoms with E-state index in [1.807, 2.05) is 13.0 Å². The second-order valence-electron chi connectivity index (χ2n) is 5.66. The zero-order chi connectivity index (χ0) is 19.4. The average molecular weight is 404 g/mol. The van der Waals surface area contributed by atoms with E-state index in [1.54, 1.807) is 53.3 Å². The lowest BCUT2D eigenvalue weighted by molar-refractivity contribution is -0.119. The maximum Gasteiger partial charge on any atom is 0.338 e. The molecule has 0 aliphatic heterocycles. The number of anilines is 1. The van der Waals surface area contributed by atoms with Crippen molar-refractivity contribution in [2.75, 3.05) is 11.9 Å². The fourth-order valence-electron chi connectivity index (χ4n) is 2.38. The number of nitrogens with zero attached hydrogens (tertiary/aromatic N) is 2. The first kappa shape index (κ1) is 18.9. The van der Waals surface area contributed by atoms with Gasteiger partial charge in [-0.05, 0) is 49.4 Å². The lowest BCUT2D eigenvalue weighted by Gasteiger charge is -2.09. The number of hydrogen-bond acceptors (Lipinski definition) is 4. The second-order valence-corrected chi connectivity index (χ2v) is 6.44. The first-order valence-electron chi connectivity index (χ1n) is 7.98. The number of amides is 1. The van der Waals surface area contributed by atoms with Crippen LogP contribution in [0.1, 0.15) is 16.1 Å². The minimum atomic E-state index is -0.605. The fraction of sp³-hybridized carbons (Fsp3) is 0.105. The van der Waals surface area contributed by atoms with E-state index < -0.39 is 18.5 Å². The predicted molar refractivity (Wildman–Crippen MR) is 104 cm³/mol. The molecule has 0 unspecified atom stereocenters. The highest BCUT2D eigenvalue weighted by atomic mass is 35.5. The smallest absolute Gasteiger partial charge is 0.338 e. The van der Waals surface area contributed by atoms with Crippen molar-refractivity contribution in [3.63, 3.8) is 0 Å². The molecule has 3 rings (SSSR count).